The van der Waals surface area contributed by atoms with Gasteiger partial charge < -0.3 is 20.3 Å². The molecule has 186 valence electrons. The maximum Gasteiger partial charge on any atom is 0.407 e. The number of halogens is 1. The van der Waals surface area contributed by atoms with Crippen LogP contribution in [0.5, 0.6) is 0 Å². The van der Waals surface area contributed by atoms with Crippen molar-refractivity contribution < 1.29 is 17.9 Å². The van der Waals surface area contributed by atoms with Crippen LogP contribution in [0.4, 0.5) is 4.79 Å². The molecule has 0 saturated carbocycles. The van der Waals surface area contributed by atoms with E-state index in [1.165, 1.54) is 0 Å². The number of carbonyl (C=O) groups excluding carboxylic acids is 1. The molecular formula is C21H45IN4O4S. The summed E-state index contributed by atoms with van der Waals surface area (Å²) in [5.74, 6) is 0.900. The number of rotatable bonds is 9. The summed E-state index contributed by atoms with van der Waals surface area (Å²) in [6, 6.07) is -0.0496. The van der Waals surface area contributed by atoms with Crippen LogP contribution >= 0.6 is 24.0 Å². The average Bonchev–Trinajstić information content (AvgIpc) is 2.54. The Labute approximate surface area is 207 Å². The highest BCUT2D eigenvalue weighted by atomic mass is 127. The molecule has 8 nitrogen and oxygen atoms in total. The molecule has 2 N–H and O–H groups in total. The van der Waals surface area contributed by atoms with Crippen LogP contribution in [0.2, 0.25) is 0 Å². The van der Waals surface area contributed by atoms with E-state index in [4.69, 9.17) is 4.74 Å². The van der Waals surface area contributed by atoms with E-state index in [1.807, 2.05) is 39.6 Å². The molecule has 31 heavy (non-hydrogen) atoms. The third-order valence-corrected chi connectivity index (χ3v) is 7.12. The standard InChI is InChI=1S/C21H44N4O4S.HI/c1-11-22-18(23-13-15-30(27,28)21(7,8)9)25(10)14-12-17(16(2)3)24-19(26)29-20(4,5)6;/h16-17H,11-15H2,1-10H3,(H,22,23)(H,24,26);1H. The highest BCUT2D eigenvalue weighted by Gasteiger charge is 2.28. The minimum Gasteiger partial charge on any atom is -0.444 e. The first kappa shape index (κ1) is 32.4. The Morgan fingerprint density at radius 3 is 2.10 bits per heavy atom. The van der Waals surface area contributed by atoms with Gasteiger partial charge in [-0.05, 0) is 60.8 Å². The van der Waals surface area contributed by atoms with Gasteiger partial charge in [0, 0.05) is 26.2 Å². The summed E-state index contributed by atoms with van der Waals surface area (Å²) in [5, 5.41) is 6.15. The Morgan fingerprint density at radius 2 is 1.68 bits per heavy atom. The van der Waals surface area contributed by atoms with E-state index >= 15 is 0 Å². The molecule has 0 bridgehead atoms. The minimum atomic E-state index is -3.21. The van der Waals surface area contributed by atoms with E-state index in [-0.39, 0.29) is 48.2 Å². The van der Waals surface area contributed by atoms with Crippen LogP contribution in [0.1, 0.15) is 68.7 Å². The quantitative estimate of drug-likeness (QED) is 0.247. The molecular weight excluding hydrogens is 531 g/mol. The summed E-state index contributed by atoms with van der Waals surface area (Å²) in [5.41, 5.74) is -0.541. The highest BCUT2D eigenvalue weighted by molar-refractivity contribution is 14.0. The van der Waals surface area contributed by atoms with Gasteiger partial charge >= 0.3 is 6.09 Å². The van der Waals surface area contributed by atoms with Gasteiger partial charge in [-0.2, -0.15) is 0 Å². The average molecular weight is 577 g/mol. The van der Waals surface area contributed by atoms with E-state index in [9.17, 15) is 13.2 Å². The lowest BCUT2D eigenvalue weighted by atomic mass is 10.0. The number of guanidine groups is 1. The minimum absolute atomic E-state index is 0. The first-order chi connectivity index (χ1) is 13.5. The Morgan fingerprint density at radius 1 is 1.13 bits per heavy atom. The van der Waals surface area contributed by atoms with Crippen LogP contribution in [0, 0.1) is 5.92 Å². The van der Waals surface area contributed by atoms with Crippen molar-refractivity contribution in [1.82, 2.24) is 15.5 Å². The summed E-state index contributed by atoms with van der Waals surface area (Å²) in [7, 11) is -1.31. The van der Waals surface area contributed by atoms with E-state index in [0.29, 0.717) is 25.5 Å². The second-order valence-electron chi connectivity index (χ2n) is 9.87. The number of hydrogen-bond acceptors (Lipinski definition) is 5. The molecule has 0 saturated heterocycles. The maximum atomic E-state index is 12.3. The van der Waals surface area contributed by atoms with Crippen molar-refractivity contribution >= 4 is 45.9 Å². The van der Waals surface area contributed by atoms with Crippen LogP contribution < -0.4 is 10.6 Å². The van der Waals surface area contributed by atoms with Gasteiger partial charge in [0.05, 0.1) is 17.0 Å². The second kappa shape index (κ2) is 13.7. The zero-order valence-corrected chi connectivity index (χ0v) is 24.2. The van der Waals surface area contributed by atoms with Gasteiger partial charge in [0.15, 0.2) is 15.8 Å². The molecule has 0 aromatic rings. The molecule has 0 aromatic heterocycles. The topological polar surface area (TPSA) is 100 Å². The summed E-state index contributed by atoms with van der Waals surface area (Å²) in [6.07, 6.45) is 0.287. The highest BCUT2D eigenvalue weighted by Crippen LogP contribution is 2.15. The lowest BCUT2D eigenvalue weighted by Crippen LogP contribution is -2.45. The van der Waals surface area contributed by atoms with E-state index in [2.05, 4.69) is 29.5 Å². The van der Waals surface area contributed by atoms with Crippen LogP contribution in [0.3, 0.4) is 0 Å². The van der Waals surface area contributed by atoms with Crippen LogP contribution in [0.25, 0.3) is 0 Å². The fraction of sp³-hybridized carbons (Fsp3) is 0.905. The molecule has 10 heteroatoms. The summed E-state index contributed by atoms with van der Waals surface area (Å²) in [6.45, 7) is 18.2. The molecule has 0 aliphatic heterocycles. The van der Waals surface area contributed by atoms with Gasteiger partial charge in [0.25, 0.3) is 0 Å². The normalized spacial score (nSPS) is 14.0. The Hall–Kier alpha value is -0.780. The van der Waals surface area contributed by atoms with Crippen molar-refractivity contribution in [2.45, 2.75) is 85.1 Å². The van der Waals surface area contributed by atoms with Crippen molar-refractivity contribution in [3.63, 3.8) is 0 Å². The molecule has 1 amide bonds. The first-order valence-corrected chi connectivity index (χ1v) is 12.4. The van der Waals surface area contributed by atoms with Crippen molar-refractivity contribution in [3.05, 3.63) is 0 Å². The number of alkyl carbamates (subject to hydrolysis) is 1. The van der Waals surface area contributed by atoms with E-state index < -0.39 is 26.3 Å². The fourth-order valence-electron chi connectivity index (χ4n) is 2.52. The molecule has 1 atom stereocenters. The molecule has 1 unspecified atom stereocenters. The predicted molar refractivity (Wildman–Crippen MR) is 140 cm³/mol. The lowest BCUT2D eigenvalue weighted by molar-refractivity contribution is 0.0485. The Balaban J connectivity index is 0. The molecule has 0 rings (SSSR count). The summed E-state index contributed by atoms with van der Waals surface area (Å²) < 4.78 is 29.2. The van der Waals surface area contributed by atoms with Crippen molar-refractivity contribution in [3.8, 4) is 0 Å². The number of ether oxygens (including phenoxy) is 1. The molecule has 0 radical (unpaired) electrons. The van der Waals surface area contributed by atoms with E-state index in [0.717, 1.165) is 0 Å². The maximum absolute atomic E-state index is 12.3. The molecule has 0 fully saturated rings. The van der Waals surface area contributed by atoms with Gasteiger partial charge in [-0.1, -0.05) is 13.8 Å². The number of nitrogens with one attached hydrogen (secondary N) is 2. The first-order valence-electron chi connectivity index (χ1n) is 10.7. The smallest absolute Gasteiger partial charge is 0.407 e. The Bertz CT molecular complexity index is 668. The van der Waals surface area contributed by atoms with Gasteiger partial charge in [-0.25, -0.2) is 13.2 Å². The Kier molecular flexibility index (Phi) is 14.3. The van der Waals surface area contributed by atoms with Crippen molar-refractivity contribution in [2.75, 3.05) is 32.4 Å². The predicted octanol–water partition coefficient (Wildman–Crippen LogP) is 3.65. The molecule has 0 aliphatic rings. The van der Waals surface area contributed by atoms with Gasteiger partial charge in [0.1, 0.15) is 5.60 Å². The summed E-state index contributed by atoms with van der Waals surface area (Å²) >= 11 is 0. The van der Waals surface area contributed by atoms with Gasteiger partial charge in [-0.3, -0.25) is 4.99 Å². The summed E-state index contributed by atoms with van der Waals surface area (Å²) in [4.78, 5) is 18.6. The monoisotopic (exact) mass is 576 g/mol. The molecule has 0 heterocycles. The van der Waals surface area contributed by atoms with Gasteiger partial charge in [0.2, 0.25) is 0 Å². The fourth-order valence-corrected chi connectivity index (χ4v) is 3.46. The third kappa shape index (κ3) is 13.4. The third-order valence-electron chi connectivity index (χ3n) is 4.53. The number of aliphatic imine (C=N–C) groups is 1. The second-order valence-corrected chi connectivity index (χ2v) is 12.7. The van der Waals surface area contributed by atoms with E-state index in [1.54, 1.807) is 20.8 Å². The number of sulfone groups is 1. The number of amides is 1. The SMILES string of the molecule is CCNC(=NCCS(=O)(=O)C(C)(C)C)N(C)CCC(NC(=O)OC(C)(C)C)C(C)C.I. The van der Waals surface area contributed by atoms with Crippen molar-refractivity contribution in [2.24, 2.45) is 10.9 Å². The molecule has 0 aromatic carbocycles. The molecule has 0 aliphatic carbocycles. The van der Waals surface area contributed by atoms with Crippen LogP contribution in [-0.2, 0) is 14.6 Å². The van der Waals surface area contributed by atoms with Gasteiger partial charge in [-0.15, -0.1) is 24.0 Å². The number of nitrogens with zero attached hydrogens (tertiary/aromatic N) is 2. The number of carbonyl (C=O) groups is 1. The number of hydrogen-bond donors (Lipinski definition) is 2. The lowest BCUT2D eigenvalue weighted by Gasteiger charge is -2.28. The zero-order valence-electron chi connectivity index (χ0n) is 21.0. The van der Waals surface area contributed by atoms with Crippen LogP contribution in [0.15, 0.2) is 4.99 Å². The largest absolute Gasteiger partial charge is 0.444 e. The zero-order chi connectivity index (χ0) is 23.8. The van der Waals surface area contributed by atoms with Crippen LogP contribution in [-0.4, -0.2) is 74.2 Å². The molecule has 0 spiro atoms. The van der Waals surface area contributed by atoms with Crippen molar-refractivity contribution in [1.29, 1.82) is 0 Å².